The number of benzene rings is 1. The minimum Gasteiger partial charge on any atom is -0.491 e. The Balaban J connectivity index is 1.86. The van der Waals surface area contributed by atoms with Gasteiger partial charge in [-0.3, -0.25) is 4.90 Å². The van der Waals surface area contributed by atoms with Crippen LogP contribution in [0.3, 0.4) is 0 Å². The highest BCUT2D eigenvalue weighted by Crippen LogP contribution is 2.23. The van der Waals surface area contributed by atoms with Gasteiger partial charge in [-0.15, -0.1) is 0 Å². The summed E-state index contributed by atoms with van der Waals surface area (Å²) in [4.78, 5) is 2.46. The SMILES string of the molecule is CC(C)Oc1ccc(CN(C)C2CCC(N)CC2)cc1. The van der Waals surface area contributed by atoms with Gasteiger partial charge in [0.25, 0.3) is 0 Å². The second-order valence-electron chi connectivity index (χ2n) is 6.29. The second-order valence-corrected chi connectivity index (χ2v) is 6.29. The third-order valence-electron chi connectivity index (χ3n) is 4.09. The molecule has 20 heavy (non-hydrogen) atoms. The fourth-order valence-corrected chi connectivity index (χ4v) is 2.91. The van der Waals surface area contributed by atoms with Gasteiger partial charge in [0.1, 0.15) is 5.75 Å². The van der Waals surface area contributed by atoms with Crippen LogP contribution in [0.2, 0.25) is 0 Å². The molecule has 0 spiro atoms. The van der Waals surface area contributed by atoms with Gasteiger partial charge in [0.05, 0.1) is 6.10 Å². The molecule has 3 nitrogen and oxygen atoms in total. The maximum Gasteiger partial charge on any atom is 0.119 e. The molecule has 0 heterocycles. The van der Waals surface area contributed by atoms with Crippen molar-refractivity contribution in [3.63, 3.8) is 0 Å². The van der Waals surface area contributed by atoms with Crippen LogP contribution in [-0.4, -0.2) is 30.1 Å². The monoisotopic (exact) mass is 276 g/mol. The van der Waals surface area contributed by atoms with Crippen molar-refractivity contribution < 1.29 is 4.74 Å². The number of ether oxygens (including phenoxy) is 1. The highest BCUT2D eigenvalue weighted by atomic mass is 16.5. The van der Waals surface area contributed by atoms with Crippen LogP contribution in [0.5, 0.6) is 5.75 Å². The van der Waals surface area contributed by atoms with E-state index in [0.717, 1.165) is 25.1 Å². The molecule has 1 aromatic carbocycles. The zero-order valence-electron chi connectivity index (χ0n) is 13.0. The normalized spacial score (nSPS) is 23.3. The van der Waals surface area contributed by atoms with E-state index in [-0.39, 0.29) is 6.10 Å². The number of rotatable bonds is 5. The Morgan fingerprint density at radius 3 is 2.30 bits per heavy atom. The first kappa shape index (κ1) is 15.3. The minimum absolute atomic E-state index is 0.231. The van der Waals surface area contributed by atoms with Gasteiger partial charge in [0, 0.05) is 18.6 Å². The summed E-state index contributed by atoms with van der Waals surface area (Å²) in [7, 11) is 2.22. The van der Waals surface area contributed by atoms with Crippen molar-refractivity contribution in [2.75, 3.05) is 7.05 Å². The van der Waals surface area contributed by atoms with Crippen LogP contribution in [0.4, 0.5) is 0 Å². The van der Waals surface area contributed by atoms with Gasteiger partial charge in [-0.05, 0) is 64.3 Å². The molecule has 0 saturated heterocycles. The highest BCUT2D eigenvalue weighted by Gasteiger charge is 2.21. The van der Waals surface area contributed by atoms with Crippen LogP contribution in [-0.2, 0) is 6.54 Å². The Hall–Kier alpha value is -1.06. The lowest BCUT2D eigenvalue weighted by molar-refractivity contribution is 0.176. The van der Waals surface area contributed by atoms with Crippen molar-refractivity contribution in [2.45, 2.75) is 64.3 Å². The maximum absolute atomic E-state index is 5.97. The number of hydrogen-bond donors (Lipinski definition) is 1. The standard InChI is InChI=1S/C17H28N2O/c1-13(2)20-17-10-4-14(5-11-17)12-19(3)16-8-6-15(18)7-9-16/h4-5,10-11,13,15-16H,6-9,12,18H2,1-3H3. The molecular formula is C17H28N2O. The van der Waals surface area contributed by atoms with Crippen molar-refractivity contribution in [3.05, 3.63) is 29.8 Å². The van der Waals surface area contributed by atoms with E-state index < -0.39 is 0 Å². The Kier molecular flexibility index (Phi) is 5.44. The molecule has 0 aliphatic heterocycles. The molecule has 0 amide bonds. The topological polar surface area (TPSA) is 38.5 Å². The van der Waals surface area contributed by atoms with Crippen LogP contribution in [0.15, 0.2) is 24.3 Å². The van der Waals surface area contributed by atoms with E-state index in [1.165, 1.54) is 18.4 Å². The molecule has 1 aliphatic rings. The van der Waals surface area contributed by atoms with Crippen molar-refractivity contribution >= 4 is 0 Å². The first-order valence-electron chi connectivity index (χ1n) is 7.76. The molecule has 0 bridgehead atoms. The van der Waals surface area contributed by atoms with Gasteiger partial charge in [-0.1, -0.05) is 12.1 Å². The number of hydrogen-bond acceptors (Lipinski definition) is 3. The average molecular weight is 276 g/mol. The Bertz CT molecular complexity index is 394. The molecule has 0 aromatic heterocycles. The minimum atomic E-state index is 0.231. The van der Waals surface area contributed by atoms with E-state index >= 15 is 0 Å². The first-order chi connectivity index (χ1) is 9.54. The molecule has 1 aromatic rings. The lowest BCUT2D eigenvalue weighted by atomic mass is 9.91. The van der Waals surface area contributed by atoms with Crippen molar-refractivity contribution in [1.29, 1.82) is 0 Å². The van der Waals surface area contributed by atoms with Gasteiger partial charge in [-0.2, -0.15) is 0 Å². The average Bonchev–Trinajstić information content (AvgIpc) is 2.41. The lowest BCUT2D eigenvalue weighted by Gasteiger charge is -2.33. The quantitative estimate of drug-likeness (QED) is 0.897. The maximum atomic E-state index is 5.97. The third-order valence-corrected chi connectivity index (χ3v) is 4.09. The zero-order valence-corrected chi connectivity index (χ0v) is 13.0. The first-order valence-corrected chi connectivity index (χ1v) is 7.76. The van der Waals surface area contributed by atoms with Crippen molar-refractivity contribution in [1.82, 2.24) is 4.90 Å². The van der Waals surface area contributed by atoms with Crippen LogP contribution in [0.25, 0.3) is 0 Å². The zero-order chi connectivity index (χ0) is 14.5. The largest absolute Gasteiger partial charge is 0.491 e. The number of nitrogens with zero attached hydrogens (tertiary/aromatic N) is 1. The van der Waals surface area contributed by atoms with Crippen LogP contribution >= 0.6 is 0 Å². The molecule has 0 radical (unpaired) electrons. The molecule has 0 unspecified atom stereocenters. The van der Waals surface area contributed by atoms with Crippen molar-refractivity contribution in [2.24, 2.45) is 5.73 Å². The Morgan fingerprint density at radius 2 is 1.75 bits per heavy atom. The van der Waals surface area contributed by atoms with Gasteiger partial charge in [0.2, 0.25) is 0 Å². The lowest BCUT2D eigenvalue weighted by Crippen LogP contribution is -2.38. The molecule has 0 atom stereocenters. The fourth-order valence-electron chi connectivity index (χ4n) is 2.91. The smallest absolute Gasteiger partial charge is 0.119 e. The van der Waals surface area contributed by atoms with E-state index in [1.807, 2.05) is 0 Å². The second kappa shape index (κ2) is 7.09. The molecule has 2 rings (SSSR count). The van der Waals surface area contributed by atoms with Crippen LogP contribution in [0.1, 0.15) is 45.1 Å². The van der Waals surface area contributed by atoms with Gasteiger partial charge < -0.3 is 10.5 Å². The van der Waals surface area contributed by atoms with Crippen LogP contribution < -0.4 is 10.5 Å². The summed E-state index contributed by atoms with van der Waals surface area (Å²) < 4.78 is 5.67. The van der Waals surface area contributed by atoms with Gasteiger partial charge in [-0.25, -0.2) is 0 Å². The van der Waals surface area contributed by atoms with E-state index in [0.29, 0.717) is 12.1 Å². The molecule has 3 heteroatoms. The van der Waals surface area contributed by atoms with Gasteiger partial charge in [0.15, 0.2) is 0 Å². The Morgan fingerprint density at radius 1 is 1.15 bits per heavy atom. The molecular weight excluding hydrogens is 248 g/mol. The summed E-state index contributed by atoms with van der Waals surface area (Å²) >= 11 is 0. The van der Waals surface area contributed by atoms with E-state index in [9.17, 15) is 0 Å². The summed E-state index contributed by atoms with van der Waals surface area (Å²) in [5, 5.41) is 0. The van der Waals surface area contributed by atoms with E-state index in [4.69, 9.17) is 10.5 Å². The molecule has 2 N–H and O–H groups in total. The van der Waals surface area contributed by atoms with Gasteiger partial charge >= 0.3 is 0 Å². The summed E-state index contributed by atoms with van der Waals surface area (Å²) in [6.45, 7) is 5.10. The van der Waals surface area contributed by atoms with Crippen LogP contribution in [0, 0.1) is 0 Å². The Labute approximate surface area is 123 Å². The number of nitrogens with two attached hydrogens (primary N) is 1. The summed E-state index contributed by atoms with van der Waals surface area (Å²) in [6.07, 6.45) is 5.01. The molecule has 1 fully saturated rings. The molecule has 112 valence electrons. The summed E-state index contributed by atoms with van der Waals surface area (Å²) in [5.74, 6) is 0.954. The molecule has 1 saturated carbocycles. The highest BCUT2D eigenvalue weighted by molar-refractivity contribution is 5.27. The predicted octanol–water partition coefficient (Wildman–Crippen LogP) is 3.18. The van der Waals surface area contributed by atoms with E-state index in [2.05, 4.69) is 50.1 Å². The summed E-state index contributed by atoms with van der Waals surface area (Å²) in [5.41, 5.74) is 7.32. The predicted molar refractivity (Wildman–Crippen MR) is 83.9 cm³/mol. The fraction of sp³-hybridized carbons (Fsp3) is 0.647. The van der Waals surface area contributed by atoms with Crippen molar-refractivity contribution in [3.8, 4) is 5.75 Å². The summed E-state index contributed by atoms with van der Waals surface area (Å²) in [6, 6.07) is 9.58. The van der Waals surface area contributed by atoms with E-state index in [1.54, 1.807) is 0 Å². The third kappa shape index (κ3) is 4.50. The molecule has 1 aliphatic carbocycles.